The Morgan fingerprint density at radius 3 is 2.45 bits per heavy atom. The van der Waals surface area contributed by atoms with Crippen LogP contribution >= 0.6 is 0 Å². The Labute approximate surface area is 173 Å². The smallest absolute Gasteiger partial charge is 0.417 e. The van der Waals surface area contributed by atoms with E-state index >= 15 is 0 Å². The number of carbonyl (C=O) groups is 2. The van der Waals surface area contributed by atoms with E-state index in [1.807, 2.05) is 0 Å². The van der Waals surface area contributed by atoms with E-state index in [4.69, 9.17) is 8.83 Å². The Bertz CT molecular complexity index is 1060. The largest absolute Gasteiger partial charge is 0.459 e. The molecule has 0 radical (unpaired) electrons. The van der Waals surface area contributed by atoms with Gasteiger partial charge >= 0.3 is 12.2 Å². The van der Waals surface area contributed by atoms with Crippen LogP contribution < -0.4 is 10.2 Å². The van der Waals surface area contributed by atoms with Gasteiger partial charge in [-0.3, -0.25) is 14.9 Å². The zero-order valence-electron chi connectivity index (χ0n) is 15.9. The topological polar surface area (TPSA) is 105 Å². The normalized spacial score (nSPS) is 14.5. The van der Waals surface area contributed by atoms with Crippen molar-refractivity contribution in [1.82, 2.24) is 14.9 Å². The highest BCUT2D eigenvalue weighted by molar-refractivity contribution is 6.01. The predicted octanol–water partition coefficient (Wildman–Crippen LogP) is 2.90. The summed E-state index contributed by atoms with van der Waals surface area (Å²) in [6, 6.07) is 5.17. The van der Waals surface area contributed by atoms with Gasteiger partial charge in [0.15, 0.2) is 11.5 Å². The van der Waals surface area contributed by atoms with Gasteiger partial charge in [-0.1, -0.05) is 0 Å². The molecule has 9 nitrogen and oxygen atoms in total. The molecule has 2 amide bonds. The molecule has 0 spiro atoms. The van der Waals surface area contributed by atoms with Gasteiger partial charge in [-0.15, -0.1) is 0 Å². The molecule has 31 heavy (non-hydrogen) atoms. The summed E-state index contributed by atoms with van der Waals surface area (Å²) in [5, 5.41) is 2.39. The molecule has 3 aromatic rings. The van der Waals surface area contributed by atoms with Crippen LogP contribution in [-0.4, -0.2) is 52.9 Å². The van der Waals surface area contributed by atoms with Gasteiger partial charge in [-0.2, -0.15) is 18.2 Å². The summed E-state index contributed by atoms with van der Waals surface area (Å²) >= 11 is 0. The van der Waals surface area contributed by atoms with Crippen LogP contribution in [0.3, 0.4) is 0 Å². The number of halogens is 3. The summed E-state index contributed by atoms with van der Waals surface area (Å²) in [6.45, 7) is 1.43. The standard InChI is InChI=1S/C19H16F3N5O4/c20-19(21,22)12-3-4-15(23-10-12)26-5-7-27(8-6-26)17(29)13-11-31-18(24-13)25-16(28)14-2-1-9-30-14/h1-4,9-11H,5-8H2,(H,24,25,28). The van der Waals surface area contributed by atoms with Gasteiger partial charge in [0, 0.05) is 32.4 Å². The van der Waals surface area contributed by atoms with E-state index in [0.717, 1.165) is 18.5 Å². The third-order valence-electron chi connectivity index (χ3n) is 4.65. The molecule has 1 N–H and O–H groups in total. The minimum atomic E-state index is -4.44. The van der Waals surface area contributed by atoms with Gasteiger partial charge in [-0.25, -0.2) is 4.98 Å². The SMILES string of the molecule is O=C(Nc1nc(C(=O)N2CCN(c3ccc(C(F)(F)F)cn3)CC2)co1)c1ccco1. The molecule has 0 unspecified atom stereocenters. The lowest BCUT2D eigenvalue weighted by atomic mass is 10.2. The lowest BCUT2D eigenvalue weighted by Gasteiger charge is -2.35. The molecular weight excluding hydrogens is 419 g/mol. The summed E-state index contributed by atoms with van der Waals surface area (Å²) in [5.74, 6) is -0.477. The van der Waals surface area contributed by atoms with Crippen molar-refractivity contribution in [2.75, 3.05) is 36.4 Å². The fourth-order valence-corrected chi connectivity index (χ4v) is 3.04. The lowest BCUT2D eigenvalue weighted by molar-refractivity contribution is -0.137. The Morgan fingerprint density at radius 2 is 1.84 bits per heavy atom. The van der Waals surface area contributed by atoms with E-state index in [-0.39, 0.29) is 23.4 Å². The third-order valence-corrected chi connectivity index (χ3v) is 4.65. The fourth-order valence-electron chi connectivity index (χ4n) is 3.04. The average molecular weight is 435 g/mol. The van der Waals surface area contributed by atoms with Crippen molar-refractivity contribution in [3.05, 3.63) is 60.0 Å². The van der Waals surface area contributed by atoms with Crippen molar-refractivity contribution >= 4 is 23.6 Å². The molecule has 1 aliphatic heterocycles. The quantitative estimate of drug-likeness (QED) is 0.672. The summed E-state index contributed by atoms with van der Waals surface area (Å²) < 4.78 is 48.1. The molecule has 1 aliphatic rings. The van der Waals surface area contributed by atoms with Gasteiger partial charge in [0.05, 0.1) is 11.8 Å². The van der Waals surface area contributed by atoms with Gasteiger partial charge < -0.3 is 18.6 Å². The van der Waals surface area contributed by atoms with Crippen LogP contribution in [0.15, 0.2) is 51.8 Å². The first-order valence-corrected chi connectivity index (χ1v) is 9.19. The fraction of sp³-hybridized carbons (Fsp3) is 0.263. The van der Waals surface area contributed by atoms with Crippen LogP contribution in [0.2, 0.25) is 0 Å². The van der Waals surface area contributed by atoms with E-state index in [1.165, 1.54) is 23.3 Å². The van der Waals surface area contributed by atoms with Crippen molar-refractivity contribution in [3.8, 4) is 0 Å². The van der Waals surface area contributed by atoms with E-state index in [0.29, 0.717) is 32.0 Å². The Hall–Kier alpha value is -3.83. The maximum Gasteiger partial charge on any atom is 0.417 e. The molecule has 0 aromatic carbocycles. The first-order valence-electron chi connectivity index (χ1n) is 9.19. The van der Waals surface area contributed by atoms with Crippen LogP contribution in [0.1, 0.15) is 26.6 Å². The van der Waals surface area contributed by atoms with E-state index in [1.54, 1.807) is 11.0 Å². The maximum absolute atomic E-state index is 12.7. The Kier molecular flexibility index (Phi) is 5.36. The third kappa shape index (κ3) is 4.52. The van der Waals surface area contributed by atoms with Gasteiger partial charge in [-0.05, 0) is 24.3 Å². The summed E-state index contributed by atoms with van der Waals surface area (Å²) in [5.41, 5.74) is -0.790. The molecular formula is C19H16F3N5O4. The average Bonchev–Trinajstić information content (AvgIpc) is 3.45. The number of hydrogen-bond donors (Lipinski definition) is 1. The Morgan fingerprint density at radius 1 is 1.06 bits per heavy atom. The minimum absolute atomic E-state index is 0.0239. The number of nitrogens with one attached hydrogen (secondary N) is 1. The highest BCUT2D eigenvalue weighted by Crippen LogP contribution is 2.29. The maximum atomic E-state index is 12.7. The number of anilines is 2. The van der Waals surface area contributed by atoms with Gasteiger partial charge in [0.25, 0.3) is 11.8 Å². The number of aromatic nitrogens is 2. The highest BCUT2D eigenvalue weighted by atomic mass is 19.4. The van der Waals surface area contributed by atoms with Crippen molar-refractivity contribution in [3.63, 3.8) is 0 Å². The van der Waals surface area contributed by atoms with Crippen LogP contribution in [0, 0.1) is 0 Å². The number of alkyl halides is 3. The second-order valence-electron chi connectivity index (χ2n) is 6.65. The Balaban J connectivity index is 1.33. The minimum Gasteiger partial charge on any atom is -0.459 e. The molecule has 3 aromatic heterocycles. The van der Waals surface area contributed by atoms with Crippen molar-refractivity contribution < 1.29 is 31.6 Å². The number of carbonyl (C=O) groups excluding carboxylic acids is 2. The molecule has 0 aliphatic carbocycles. The van der Waals surface area contributed by atoms with Crippen LogP contribution in [-0.2, 0) is 6.18 Å². The lowest BCUT2D eigenvalue weighted by Crippen LogP contribution is -2.49. The molecule has 1 fully saturated rings. The number of piperazine rings is 1. The second kappa shape index (κ2) is 8.13. The molecule has 162 valence electrons. The molecule has 4 rings (SSSR count). The molecule has 0 atom stereocenters. The number of pyridine rings is 1. The van der Waals surface area contributed by atoms with Crippen LogP contribution in [0.5, 0.6) is 0 Å². The van der Waals surface area contributed by atoms with E-state index in [2.05, 4.69) is 15.3 Å². The number of hydrogen-bond acceptors (Lipinski definition) is 7. The molecule has 0 bridgehead atoms. The van der Waals surface area contributed by atoms with E-state index < -0.39 is 17.6 Å². The molecule has 12 heteroatoms. The van der Waals surface area contributed by atoms with Gasteiger partial charge in [0.1, 0.15) is 12.1 Å². The monoisotopic (exact) mass is 435 g/mol. The van der Waals surface area contributed by atoms with Gasteiger partial charge in [0.2, 0.25) is 0 Å². The van der Waals surface area contributed by atoms with Crippen LogP contribution in [0.4, 0.5) is 25.0 Å². The van der Waals surface area contributed by atoms with Crippen LogP contribution in [0.25, 0.3) is 0 Å². The zero-order chi connectivity index (χ0) is 22.0. The zero-order valence-corrected chi connectivity index (χ0v) is 15.9. The first kappa shape index (κ1) is 20.4. The van der Waals surface area contributed by atoms with Crippen molar-refractivity contribution in [2.45, 2.75) is 6.18 Å². The van der Waals surface area contributed by atoms with Crippen molar-refractivity contribution in [2.24, 2.45) is 0 Å². The first-order chi connectivity index (χ1) is 14.8. The van der Waals surface area contributed by atoms with E-state index in [9.17, 15) is 22.8 Å². The predicted molar refractivity (Wildman–Crippen MR) is 101 cm³/mol. The number of amides is 2. The molecule has 1 saturated heterocycles. The number of furan rings is 1. The van der Waals surface area contributed by atoms with Crippen molar-refractivity contribution in [1.29, 1.82) is 0 Å². The number of nitrogens with zero attached hydrogens (tertiary/aromatic N) is 4. The number of oxazole rings is 1. The highest BCUT2D eigenvalue weighted by Gasteiger charge is 2.31. The summed E-state index contributed by atoms with van der Waals surface area (Å²) in [7, 11) is 0. The molecule has 4 heterocycles. The summed E-state index contributed by atoms with van der Waals surface area (Å²) in [4.78, 5) is 35.8. The number of rotatable bonds is 4. The summed E-state index contributed by atoms with van der Waals surface area (Å²) in [6.07, 6.45) is -1.16. The molecule has 0 saturated carbocycles. The second-order valence-corrected chi connectivity index (χ2v) is 6.65.